The Bertz CT molecular complexity index is 399. The van der Waals surface area contributed by atoms with Crippen LogP contribution in [0.3, 0.4) is 0 Å². The number of hydrogen-bond donors (Lipinski definition) is 3. The summed E-state index contributed by atoms with van der Waals surface area (Å²) < 4.78 is 0. The summed E-state index contributed by atoms with van der Waals surface area (Å²) in [6.07, 6.45) is 2.82. The van der Waals surface area contributed by atoms with Gasteiger partial charge in [0.1, 0.15) is 5.69 Å². The Balaban J connectivity index is 2.06. The largest absolute Gasteiger partial charge is 0.388 e. The van der Waals surface area contributed by atoms with Crippen molar-refractivity contribution in [2.24, 2.45) is 5.11 Å². The van der Waals surface area contributed by atoms with Crippen LogP contribution in [0, 0.1) is 12.5 Å². The van der Waals surface area contributed by atoms with Gasteiger partial charge in [0, 0.05) is 6.54 Å². The summed E-state index contributed by atoms with van der Waals surface area (Å²) in [4.78, 5) is 0. The van der Waals surface area contributed by atoms with Crippen LogP contribution in [0.5, 0.6) is 0 Å². The maximum Gasteiger partial charge on any atom is 0.108 e. The Morgan fingerprint density at radius 2 is 2.25 bits per heavy atom. The second-order valence-corrected chi connectivity index (χ2v) is 4.56. The van der Waals surface area contributed by atoms with Gasteiger partial charge in [-0.25, -0.2) is 5.53 Å². The third kappa shape index (κ3) is 2.22. The second kappa shape index (κ2) is 4.22. The van der Waals surface area contributed by atoms with E-state index in [9.17, 15) is 5.11 Å². The summed E-state index contributed by atoms with van der Waals surface area (Å²) in [5, 5.41) is 16.6. The van der Waals surface area contributed by atoms with Crippen LogP contribution in [0.4, 0.5) is 11.4 Å². The summed E-state index contributed by atoms with van der Waals surface area (Å²) >= 11 is 0. The molecule has 1 aromatic rings. The fourth-order valence-corrected chi connectivity index (χ4v) is 1.91. The van der Waals surface area contributed by atoms with E-state index < -0.39 is 5.60 Å². The highest BCUT2D eigenvalue weighted by Crippen LogP contribution is 2.33. The summed E-state index contributed by atoms with van der Waals surface area (Å²) in [7, 11) is 0. The van der Waals surface area contributed by atoms with E-state index in [4.69, 9.17) is 5.53 Å². The molecule has 0 bridgehead atoms. The molecule has 0 radical (unpaired) electrons. The first kappa shape index (κ1) is 11.1. The number of aryl methyl sites for hydroxylation is 1. The van der Waals surface area contributed by atoms with E-state index in [1.165, 1.54) is 0 Å². The quantitative estimate of drug-likeness (QED) is 0.681. The van der Waals surface area contributed by atoms with Crippen molar-refractivity contribution >= 4 is 11.4 Å². The molecule has 1 aromatic carbocycles. The SMILES string of the molecule is Cc1ccc(NCC2(O)CCC2)c(N=N)c1. The Labute approximate surface area is 95.2 Å². The number of nitrogens with one attached hydrogen (secondary N) is 2. The Morgan fingerprint density at radius 3 is 2.81 bits per heavy atom. The highest BCUT2D eigenvalue weighted by atomic mass is 16.3. The topological polar surface area (TPSA) is 68.5 Å². The molecular weight excluding hydrogens is 202 g/mol. The first-order valence-corrected chi connectivity index (χ1v) is 5.57. The molecule has 1 fully saturated rings. The van der Waals surface area contributed by atoms with Crippen LogP contribution in [0.15, 0.2) is 23.3 Å². The molecular formula is C12H17N3O. The maximum absolute atomic E-state index is 9.95. The lowest BCUT2D eigenvalue weighted by atomic mass is 9.80. The van der Waals surface area contributed by atoms with Gasteiger partial charge in [0.2, 0.25) is 0 Å². The molecule has 2 rings (SSSR count). The van der Waals surface area contributed by atoms with Crippen LogP contribution in [-0.4, -0.2) is 17.3 Å². The average molecular weight is 219 g/mol. The first-order valence-electron chi connectivity index (χ1n) is 5.57. The molecule has 1 saturated carbocycles. The van der Waals surface area contributed by atoms with E-state index in [0.717, 1.165) is 30.5 Å². The third-order valence-corrected chi connectivity index (χ3v) is 3.17. The Morgan fingerprint density at radius 1 is 1.50 bits per heavy atom. The summed E-state index contributed by atoms with van der Waals surface area (Å²) in [5.74, 6) is 0. The van der Waals surface area contributed by atoms with Gasteiger partial charge in [-0.2, -0.15) is 5.11 Å². The minimum Gasteiger partial charge on any atom is -0.388 e. The molecule has 0 spiro atoms. The Kier molecular flexibility index (Phi) is 2.92. The number of rotatable bonds is 4. The molecule has 1 aliphatic rings. The van der Waals surface area contributed by atoms with Gasteiger partial charge in [0.15, 0.2) is 0 Å². The van der Waals surface area contributed by atoms with Crippen LogP contribution in [0.2, 0.25) is 0 Å². The zero-order valence-electron chi connectivity index (χ0n) is 9.45. The summed E-state index contributed by atoms with van der Waals surface area (Å²) in [6, 6.07) is 5.74. The van der Waals surface area contributed by atoms with Crippen molar-refractivity contribution in [1.29, 1.82) is 5.53 Å². The lowest BCUT2D eigenvalue weighted by Gasteiger charge is -2.37. The molecule has 3 N–H and O–H groups in total. The van der Waals surface area contributed by atoms with Crippen LogP contribution < -0.4 is 5.32 Å². The van der Waals surface area contributed by atoms with Crippen molar-refractivity contribution in [3.05, 3.63) is 23.8 Å². The van der Waals surface area contributed by atoms with Crippen LogP contribution in [0.25, 0.3) is 0 Å². The highest BCUT2D eigenvalue weighted by molar-refractivity contribution is 5.66. The fraction of sp³-hybridized carbons (Fsp3) is 0.500. The summed E-state index contributed by atoms with van der Waals surface area (Å²) in [6.45, 7) is 2.51. The van der Waals surface area contributed by atoms with Gasteiger partial charge >= 0.3 is 0 Å². The van der Waals surface area contributed by atoms with Gasteiger partial charge in [-0.15, -0.1) is 0 Å². The van der Waals surface area contributed by atoms with Gasteiger partial charge in [-0.1, -0.05) is 6.07 Å². The van der Waals surface area contributed by atoms with Crippen LogP contribution >= 0.6 is 0 Å². The number of anilines is 1. The molecule has 4 heteroatoms. The van der Waals surface area contributed by atoms with Crippen molar-refractivity contribution in [3.8, 4) is 0 Å². The molecule has 86 valence electrons. The predicted octanol–water partition coefficient (Wildman–Crippen LogP) is 2.98. The monoisotopic (exact) mass is 219 g/mol. The zero-order valence-corrected chi connectivity index (χ0v) is 9.45. The summed E-state index contributed by atoms with van der Waals surface area (Å²) in [5.41, 5.74) is 9.08. The van der Waals surface area contributed by atoms with Crippen molar-refractivity contribution < 1.29 is 5.11 Å². The standard InChI is InChI=1S/C12H17N3O/c1-9-3-4-10(11(7-9)15-13)14-8-12(16)5-2-6-12/h3-4,7,13-14,16H,2,5-6,8H2,1H3. The molecule has 1 aliphatic carbocycles. The van der Waals surface area contributed by atoms with Gasteiger partial charge < -0.3 is 10.4 Å². The predicted molar refractivity (Wildman–Crippen MR) is 63.3 cm³/mol. The fourth-order valence-electron chi connectivity index (χ4n) is 1.91. The number of benzene rings is 1. The molecule has 0 amide bonds. The molecule has 0 aromatic heterocycles. The molecule has 4 nitrogen and oxygen atoms in total. The van der Waals surface area contributed by atoms with Crippen molar-refractivity contribution in [2.75, 3.05) is 11.9 Å². The lowest BCUT2D eigenvalue weighted by molar-refractivity contribution is -0.0201. The van der Waals surface area contributed by atoms with E-state index in [-0.39, 0.29) is 0 Å². The zero-order chi connectivity index (χ0) is 11.6. The van der Waals surface area contributed by atoms with Gasteiger partial charge in [0.25, 0.3) is 0 Å². The highest BCUT2D eigenvalue weighted by Gasteiger charge is 2.34. The third-order valence-electron chi connectivity index (χ3n) is 3.17. The number of hydrogen-bond acceptors (Lipinski definition) is 4. The van der Waals surface area contributed by atoms with Crippen molar-refractivity contribution in [2.45, 2.75) is 31.8 Å². The smallest absolute Gasteiger partial charge is 0.108 e. The van der Waals surface area contributed by atoms with Crippen LogP contribution in [0.1, 0.15) is 24.8 Å². The molecule has 16 heavy (non-hydrogen) atoms. The first-order chi connectivity index (χ1) is 7.63. The van der Waals surface area contributed by atoms with Crippen molar-refractivity contribution in [3.63, 3.8) is 0 Å². The van der Waals surface area contributed by atoms with E-state index >= 15 is 0 Å². The van der Waals surface area contributed by atoms with E-state index in [1.54, 1.807) is 0 Å². The minimum absolute atomic E-state index is 0.540. The molecule has 0 saturated heterocycles. The molecule has 0 heterocycles. The van der Waals surface area contributed by atoms with Gasteiger partial charge in [-0.3, -0.25) is 0 Å². The number of aliphatic hydroxyl groups is 1. The normalized spacial score (nSPS) is 17.6. The average Bonchev–Trinajstić information content (AvgIpc) is 2.24. The van der Waals surface area contributed by atoms with Crippen molar-refractivity contribution in [1.82, 2.24) is 0 Å². The van der Waals surface area contributed by atoms with E-state index in [0.29, 0.717) is 12.2 Å². The lowest BCUT2D eigenvalue weighted by Crippen LogP contribution is -2.43. The van der Waals surface area contributed by atoms with E-state index in [2.05, 4.69) is 10.4 Å². The molecule has 0 unspecified atom stereocenters. The van der Waals surface area contributed by atoms with Gasteiger partial charge in [0.05, 0.1) is 11.3 Å². The second-order valence-electron chi connectivity index (χ2n) is 4.56. The van der Waals surface area contributed by atoms with Crippen LogP contribution in [-0.2, 0) is 0 Å². The van der Waals surface area contributed by atoms with Gasteiger partial charge in [-0.05, 0) is 43.9 Å². The van der Waals surface area contributed by atoms with E-state index in [1.807, 2.05) is 25.1 Å². The maximum atomic E-state index is 9.95. The molecule has 0 aliphatic heterocycles. The number of nitrogens with zero attached hydrogens (tertiary/aromatic N) is 1. The Hall–Kier alpha value is -1.42. The molecule has 0 atom stereocenters. The minimum atomic E-state index is -0.551.